The first-order valence-electron chi connectivity index (χ1n) is 6.73. The predicted octanol–water partition coefficient (Wildman–Crippen LogP) is 2.75. The topological polar surface area (TPSA) is 30.5 Å². The fourth-order valence-electron chi connectivity index (χ4n) is 2.91. The van der Waals surface area contributed by atoms with Crippen LogP contribution in [-0.2, 0) is 6.42 Å². The maximum absolute atomic E-state index is 14.2. The van der Waals surface area contributed by atoms with Gasteiger partial charge in [0, 0.05) is 22.7 Å². The van der Waals surface area contributed by atoms with Gasteiger partial charge in [0.25, 0.3) is 0 Å². The summed E-state index contributed by atoms with van der Waals surface area (Å²) in [5.41, 5.74) is 2.42. The van der Waals surface area contributed by atoms with E-state index in [2.05, 4.69) is 5.32 Å². The Morgan fingerprint density at radius 2 is 1.84 bits per heavy atom. The van der Waals surface area contributed by atoms with Crippen LogP contribution in [0, 0.1) is 19.7 Å². The molecule has 0 spiro atoms. The van der Waals surface area contributed by atoms with Crippen LogP contribution < -0.4 is 14.8 Å². The smallest absolute Gasteiger partial charge is 0.171 e. The van der Waals surface area contributed by atoms with Gasteiger partial charge in [-0.05, 0) is 39.7 Å². The Morgan fingerprint density at radius 1 is 1.16 bits per heavy atom. The highest BCUT2D eigenvalue weighted by atomic mass is 19.1. The summed E-state index contributed by atoms with van der Waals surface area (Å²) in [6, 6.07) is 0.446. The zero-order chi connectivity index (χ0) is 14.0. The fraction of sp³-hybridized carbons (Fsp3) is 0.600. The fourth-order valence-corrected chi connectivity index (χ4v) is 2.91. The highest BCUT2D eigenvalue weighted by molar-refractivity contribution is 5.54. The number of halogens is 1. The van der Waals surface area contributed by atoms with Gasteiger partial charge in [-0.1, -0.05) is 0 Å². The molecule has 3 nitrogen and oxygen atoms in total. The van der Waals surface area contributed by atoms with Gasteiger partial charge in [-0.2, -0.15) is 0 Å². The average Bonchev–Trinajstić information content (AvgIpc) is 2.90. The van der Waals surface area contributed by atoms with Crippen molar-refractivity contribution in [3.05, 3.63) is 22.5 Å². The Balaban J connectivity index is 2.46. The van der Waals surface area contributed by atoms with Crippen molar-refractivity contribution in [1.29, 1.82) is 0 Å². The Kier molecular flexibility index (Phi) is 4.30. The molecular formula is C15H22FNO2. The largest absolute Gasteiger partial charge is 0.496 e. The number of hydrogen-bond donors (Lipinski definition) is 1. The number of ether oxygens (including phenoxy) is 2. The first-order chi connectivity index (χ1) is 9.10. The van der Waals surface area contributed by atoms with E-state index in [1.54, 1.807) is 14.0 Å². The summed E-state index contributed by atoms with van der Waals surface area (Å²) in [5.74, 6) is 0.677. The van der Waals surface area contributed by atoms with E-state index in [0.29, 0.717) is 23.1 Å². The number of benzene rings is 1. The molecule has 1 N–H and O–H groups in total. The highest BCUT2D eigenvalue weighted by Crippen LogP contribution is 2.37. The summed E-state index contributed by atoms with van der Waals surface area (Å²) < 4.78 is 24.8. The molecule has 1 heterocycles. The molecule has 1 aliphatic rings. The molecule has 106 valence electrons. The number of rotatable bonds is 4. The molecule has 0 aliphatic carbocycles. The minimum absolute atomic E-state index is 0.319. The lowest BCUT2D eigenvalue weighted by atomic mass is 9.95. The molecule has 1 aromatic rings. The number of methoxy groups -OCH3 is 2. The van der Waals surface area contributed by atoms with Gasteiger partial charge >= 0.3 is 0 Å². The van der Waals surface area contributed by atoms with Gasteiger partial charge in [0.1, 0.15) is 5.75 Å². The van der Waals surface area contributed by atoms with Crippen molar-refractivity contribution in [3.8, 4) is 11.5 Å². The molecule has 0 bridgehead atoms. The summed E-state index contributed by atoms with van der Waals surface area (Å²) >= 11 is 0. The molecule has 1 unspecified atom stereocenters. The lowest BCUT2D eigenvalue weighted by Gasteiger charge is -2.20. The molecule has 4 heteroatoms. The molecule has 0 amide bonds. The van der Waals surface area contributed by atoms with Crippen molar-refractivity contribution < 1.29 is 13.9 Å². The normalized spacial score (nSPS) is 18.7. The SMILES string of the molecule is COc1c(C)c(CC2CCCN2)c(OC)c(C)c1F. The van der Waals surface area contributed by atoms with Crippen LogP contribution in [0.25, 0.3) is 0 Å². The van der Waals surface area contributed by atoms with Gasteiger partial charge in [0.15, 0.2) is 11.6 Å². The first-order valence-corrected chi connectivity index (χ1v) is 6.73. The molecule has 1 aromatic carbocycles. The molecule has 1 aliphatic heterocycles. The van der Waals surface area contributed by atoms with E-state index in [1.807, 2.05) is 6.92 Å². The van der Waals surface area contributed by atoms with Crippen LogP contribution in [0.15, 0.2) is 0 Å². The summed E-state index contributed by atoms with van der Waals surface area (Å²) in [7, 11) is 3.11. The standard InChI is InChI=1S/C15H22FNO2/c1-9-12(8-11-6-5-7-17-11)14(18-3)10(2)13(16)15(9)19-4/h11,17H,5-8H2,1-4H3. The third-order valence-corrected chi connectivity index (χ3v) is 3.96. The molecule has 1 atom stereocenters. The van der Waals surface area contributed by atoms with Crippen molar-refractivity contribution in [2.45, 2.75) is 39.2 Å². The van der Waals surface area contributed by atoms with Crippen LogP contribution in [0.4, 0.5) is 4.39 Å². The zero-order valence-electron chi connectivity index (χ0n) is 12.1. The monoisotopic (exact) mass is 267 g/mol. The quantitative estimate of drug-likeness (QED) is 0.910. The second-order valence-corrected chi connectivity index (χ2v) is 5.11. The van der Waals surface area contributed by atoms with Crippen LogP contribution in [0.1, 0.15) is 29.5 Å². The summed E-state index contributed by atoms with van der Waals surface area (Å²) in [4.78, 5) is 0. The van der Waals surface area contributed by atoms with E-state index >= 15 is 0 Å². The van der Waals surface area contributed by atoms with Gasteiger partial charge < -0.3 is 14.8 Å². The Hall–Kier alpha value is -1.29. The molecular weight excluding hydrogens is 245 g/mol. The van der Waals surface area contributed by atoms with E-state index in [4.69, 9.17) is 9.47 Å². The number of nitrogens with one attached hydrogen (secondary N) is 1. The van der Waals surface area contributed by atoms with E-state index in [9.17, 15) is 4.39 Å². The second kappa shape index (κ2) is 5.78. The van der Waals surface area contributed by atoms with Crippen LogP contribution in [0.5, 0.6) is 11.5 Å². The van der Waals surface area contributed by atoms with Gasteiger partial charge in [-0.15, -0.1) is 0 Å². The Morgan fingerprint density at radius 3 is 2.37 bits per heavy atom. The van der Waals surface area contributed by atoms with Gasteiger partial charge in [0.05, 0.1) is 14.2 Å². The lowest BCUT2D eigenvalue weighted by molar-refractivity contribution is 0.366. The van der Waals surface area contributed by atoms with Crippen LogP contribution in [0.3, 0.4) is 0 Å². The van der Waals surface area contributed by atoms with E-state index in [1.165, 1.54) is 13.5 Å². The van der Waals surface area contributed by atoms with Crippen molar-refractivity contribution in [1.82, 2.24) is 5.32 Å². The molecule has 0 saturated carbocycles. The third kappa shape index (κ3) is 2.54. The summed E-state index contributed by atoms with van der Waals surface area (Å²) in [6.07, 6.45) is 3.21. The predicted molar refractivity (Wildman–Crippen MR) is 73.7 cm³/mol. The summed E-state index contributed by atoms with van der Waals surface area (Å²) in [5, 5.41) is 3.47. The van der Waals surface area contributed by atoms with Crippen molar-refractivity contribution >= 4 is 0 Å². The summed E-state index contributed by atoms with van der Waals surface area (Å²) in [6.45, 7) is 4.69. The molecule has 1 fully saturated rings. The highest BCUT2D eigenvalue weighted by Gasteiger charge is 2.24. The van der Waals surface area contributed by atoms with Crippen LogP contribution >= 0.6 is 0 Å². The maximum Gasteiger partial charge on any atom is 0.171 e. The maximum atomic E-state index is 14.2. The van der Waals surface area contributed by atoms with Crippen molar-refractivity contribution in [3.63, 3.8) is 0 Å². The van der Waals surface area contributed by atoms with Crippen LogP contribution in [-0.4, -0.2) is 26.8 Å². The van der Waals surface area contributed by atoms with Crippen molar-refractivity contribution in [2.75, 3.05) is 20.8 Å². The van der Waals surface area contributed by atoms with Gasteiger partial charge in [-0.3, -0.25) is 0 Å². The average molecular weight is 267 g/mol. The minimum atomic E-state index is -0.319. The van der Waals surface area contributed by atoms with E-state index in [-0.39, 0.29) is 5.82 Å². The Bertz CT molecular complexity index is 468. The molecule has 0 radical (unpaired) electrons. The molecule has 19 heavy (non-hydrogen) atoms. The molecule has 1 saturated heterocycles. The Labute approximate surface area is 114 Å². The van der Waals surface area contributed by atoms with Gasteiger partial charge in [-0.25, -0.2) is 4.39 Å². The van der Waals surface area contributed by atoms with E-state index in [0.717, 1.165) is 30.5 Å². The third-order valence-electron chi connectivity index (χ3n) is 3.96. The zero-order valence-corrected chi connectivity index (χ0v) is 12.1. The number of hydrogen-bond acceptors (Lipinski definition) is 3. The van der Waals surface area contributed by atoms with Crippen molar-refractivity contribution in [2.24, 2.45) is 0 Å². The minimum Gasteiger partial charge on any atom is -0.496 e. The molecule has 2 rings (SSSR count). The molecule has 0 aromatic heterocycles. The second-order valence-electron chi connectivity index (χ2n) is 5.11. The first kappa shape index (κ1) is 14.1. The lowest BCUT2D eigenvalue weighted by Crippen LogP contribution is -2.24. The van der Waals surface area contributed by atoms with Gasteiger partial charge in [0.2, 0.25) is 0 Å². The van der Waals surface area contributed by atoms with E-state index < -0.39 is 0 Å². The van der Waals surface area contributed by atoms with Crippen LogP contribution in [0.2, 0.25) is 0 Å².